The summed E-state index contributed by atoms with van der Waals surface area (Å²) in [5.74, 6) is -2.71. The Morgan fingerprint density at radius 3 is 2.50 bits per heavy atom. The number of nitrogens with one attached hydrogen (secondary N) is 1. The van der Waals surface area contributed by atoms with Gasteiger partial charge in [-0.05, 0) is 54.6 Å². The van der Waals surface area contributed by atoms with Gasteiger partial charge in [0.15, 0.2) is 0 Å². The highest BCUT2D eigenvalue weighted by Gasteiger charge is 2.31. The second kappa shape index (κ2) is 12.6. The van der Waals surface area contributed by atoms with Gasteiger partial charge in [0.05, 0.1) is 0 Å². The molecule has 0 radical (unpaired) electrons. The van der Waals surface area contributed by atoms with E-state index in [9.17, 15) is 19.2 Å². The summed E-state index contributed by atoms with van der Waals surface area (Å²) in [7, 11) is 0. The maximum absolute atomic E-state index is 13.1. The summed E-state index contributed by atoms with van der Waals surface area (Å²) < 4.78 is 0. The lowest BCUT2D eigenvalue weighted by atomic mass is 9.94. The molecule has 1 fully saturated rings. The van der Waals surface area contributed by atoms with Crippen LogP contribution in [-0.2, 0) is 25.6 Å². The molecule has 0 bridgehead atoms. The Bertz CT molecular complexity index is 908. The normalized spacial score (nSPS) is 20.6. The Morgan fingerprint density at radius 2 is 1.85 bits per heavy atom. The SMILES string of the molecule is O=C(O)CC[C@H](NC(=O)CCc1ccc(C2CC=CS2)cc1)C(=O)N1CCCC(CC(=O)O)C1. The van der Waals surface area contributed by atoms with Crippen LogP contribution in [0.25, 0.3) is 0 Å². The number of thioether (sulfide) groups is 1. The molecule has 0 aliphatic carbocycles. The maximum atomic E-state index is 13.1. The molecule has 3 N–H and O–H groups in total. The van der Waals surface area contributed by atoms with E-state index in [1.165, 1.54) is 5.56 Å². The molecule has 2 unspecified atom stereocenters. The van der Waals surface area contributed by atoms with Crippen molar-refractivity contribution in [3.05, 3.63) is 46.9 Å². The third-order valence-electron chi connectivity index (χ3n) is 6.26. The number of carbonyl (C=O) groups excluding carboxylic acids is 2. The van der Waals surface area contributed by atoms with E-state index in [2.05, 4.69) is 28.9 Å². The lowest BCUT2D eigenvalue weighted by molar-refractivity contribution is -0.143. The largest absolute Gasteiger partial charge is 0.481 e. The lowest BCUT2D eigenvalue weighted by Crippen LogP contribution is -2.51. The smallest absolute Gasteiger partial charge is 0.303 e. The van der Waals surface area contributed by atoms with Gasteiger partial charge in [-0.25, -0.2) is 0 Å². The zero-order valence-electron chi connectivity index (χ0n) is 19.2. The summed E-state index contributed by atoms with van der Waals surface area (Å²) in [6.07, 6.45) is 5.07. The van der Waals surface area contributed by atoms with Crippen LogP contribution in [0, 0.1) is 5.92 Å². The van der Waals surface area contributed by atoms with Gasteiger partial charge in [0.1, 0.15) is 6.04 Å². The van der Waals surface area contributed by atoms with E-state index < -0.39 is 18.0 Å². The molecule has 2 heterocycles. The van der Waals surface area contributed by atoms with Crippen molar-refractivity contribution in [2.45, 2.75) is 62.7 Å². The molecule has 0 aromatic heterocycles. The molecule has 2 aliphatic heterocycles. The number of aliphatic carboxylic acids is 2. The van der Waals surface area contributed by atoms with E-state index >= 15 is 0 Å². The highest BCUT2D eigenvalue weighted by atomic mass is 32.2. The third-order valence-corrected chi connectivity index (χ3v) is 7.40. The first-order valence-electron chi connectivity index (χ1n) is 11.7. The van der Waals surface area contributed by atoms with Crippen molar-refractivity contribution in [3.8, 4) is 0 Å². The van der Waals surface area contributed by atoms with Gasteiger partial charge in [0.2, 0.25) is 11.8 Å². The Kier molecular flexibility index (Phi) is 9.56. The van der Waals surface area contributed by atoms with Crippen molar-refractivity contribution >= 4 is 35.5 Å². The number of hydrogen-bond acceptors (Lipinski definition) is 5. The minimum Gasteiger partial charge on any atom is -0.481 e. The van der Waals surface area contributed by atoms with Crippen molar-refractivity contribution in [1.29, 1.82) is 0 Å². The predicted octanol–water partition coefficient (Wildman–Crippen LogP) is 3.37. The van der Waals surface area contributed by atoms with Gasteiger partial charge in [-0.15, -0.1) is 11.8 Å². The molecule has 2 aliphatic rings. The number of amides is 2. The number of carbonyl (C=O) groups is 4. The van der Waals surface area contributed by atoms with Crippen LogP contribution in [0.5, 0.6) is 0 Å². The zero-order chi connectivity index (χ0) is 24.5. The van der Waals surface area contributed by atoms with E-state index in [-0.39, 0.29) is 43.4 Å². The van der Waals surface area contributed by atoms with E-state index in [0.717, 1.165) is 18.4 Å². The van der Waals surface area contributed by atoms with E-state index in [4.69, 9.17) is 10.2 Å². The molecule has 1 aromatic carbocycles. The van der Waals surface area contributed by atoms with Crippen LogP contribution in [0.3, 0.4) is 0 Å². The van der Waals surface area contributed by atoms with Crippen LogP contribution in [0.2, 0.25) is 0 Å². The van der Waals surface area contributed by atoms with Gasteiger partial charge in [0.25, 0.3) is 0 Å². The topological polar surface area (TPSA) is 124 Å². The fraction of sp³-hybridized carbons (Fsp3) is 0.520. The molecule has 3 atom stereocenters. The summed E-state index contributed by atoms with van der Waals surface area (Å²) in [6.45, 7) is 0.793. The number of nitrogens with zero attached hydrogens (tertiary/aromatic N) is 1. The van der Waals surface area contributed by atoms with Crippen LogP contribution in [0.15, 0.2) is 35.7 Å². The Hall–Kier alpha value is -2.81. The molecular weight excluding hydrogens is 456 g/mol. The minimum atomic E-state index is -1.04. The number of allylic oxidation sites excluding steroid dienone is 1. The van der Waals surface area contributed by atoms with E-state index in [0.29, 0.717) is 31.2 Å². The fourth-order valence-corrected chi connectivity index (χ4v) is 5.40. The van der Waals surface area contributed by atoms with Crippen molar-refractivity contribution < 1.29 is 29.4 Å². The Balaban J connectivity index is 1.54. The van der Waals surface area contributed by atoms with Crippen molar-refractivity contribution in [1.82, 2.24) is 10.2 Å². The van der Waals surface area contributed by atoms with Gasteiger partial charge in [-0.1, -0.05) is 30.3 Å². The van der Waals surface area contributed by atoms with Crippen molar-refractivity contribution in [3.63, 3.8) is 0 Å². The molecule has 2 amide bonds. The molecule has 1 saturated heterocycles. The predicted molar refractivity (Wildman–Crippen MR) is 129 cm³/mol. The molecule has 34 heavy (non-hydrogen) atoms. The average molecular weight is 489 g/mol. The van der Waals surface area contributed by atoms with Crippen LogP contribution >= 0.6 is 11.8 Å². The number of hydrogen-bond donors (Lipinski definition) is 3. The summed E-state index contributed by atoms with van der Waals surface area (Å²) in [4.78, 5) is 49.4. The number of carboxylic acid groups (broad SMARTS) is 2. The van der Waals surface area contributed by atoms with Gasteiger partial charge in [0, 0.05) is 37.6 Å². The summed E-state index contributed by atoms with van der Waals surface area (Å²) in [5, 5.41) is 23.4. The zero-order valence-corrected chi connectivity index (χ0v) is 20.0. The van der Waals surface area contributed by atoms with Crippen LogP contribution in [-0.4, -0.2) is 58.0 Å². The molecule has 8 nitrogen and oxygen atoms in total. The summed E-state index contributed by atoms with van der Waals surface area (Å²) >= 11 is 1.80. The highest BCUT2D eigenvalue weighted by molar-refractivity contribution is 8.02. The molecule has 0 spiro atoms. The molecular formula is C25H32N2O6S. The monoisotopic (exact) mass is 488 g/mol. The number of likely N-dealkylation sites (tertiary alicyclic amines) is 1. The standard InChI is InChI=1S/C25H32N2O6S/c28-22(11-7-17-5-8-19(9-6-17)21-4-2-14-34-21)26-20(10-12-23(29)30)25(33)27-13-1-3-18(16-27)15-24(31)32/h2,5-6,8-9,14,18,20-21H,1,3-4,7,10-13,15-16H2,(H,26,28)(H,29,30)(H,31,32)/t18?,20-,21?/m0/s1. The van der Waals surface area contributed by atoms with Crippen molar-refractivity contribution in [2.75, 3.05) is 13.1 Å². The number of aryl methyl sites for hydroxylation is 1. The number of carboxylic acids is 2. The molecule has 184 valence electrons. The number of benzene rings is 1. The first-order valence-corrected chi connectivity index (χ1v) is 12.7. The van der Waals surface area contributed by atoms with Crippen LogP contribution in [0.4, 0.5) is 0 Å². The maximum Gasteiger partial charge on any atom is 0.303 e. The summed E-state index contributed by atoms with van der Waals surface area (Å²) in [6, 6.07) is 7.28. The minimum absolute atomic E-state index is 0.00178. The second-order valence-corrected chi connectivity index (χ2v) is 10.0. The van der Waals surface area contributed by atoms with Gasteiger partial charge >= 0.3 is 11.9 Å². The fourth-order valence-electron chi connectivity index (χ4n) is 4.45. The van der Waals surface area contributed by atoms with E-state index in [1.54, 1.807) is 16.7 Å². The highest BCUT2D eigenvalue weighted by Crippen LogP contribution is 2.38. The molecule has 9 heteroatoms. The van der Waals surface area contributed by atoms with Gasteiger partial charge in [-0.3, -0.25) is 19.2 Å². The Labute approximate surface area is 203 Å². The second-order valence-electron chi connectivity index (χ2n) is 8.92. The lowest BCUT2D eigenvalue weighted by Gasteiger charge is -2.34. The number of rotatable bonds is 11. The molecule has 1 aromatic rings. The van der Waals surface area contributed by atoms with Gasteiger partial charge < -0.3 is 20.4 Å². The Morgan fingerprint density at radius 1 is 1.09 bits per heavy atom. The molecule has 0 saturated carbocycles. The van der Waals surface area contributed by atoms with Crippen LogP contribution in [0.1, 0.15) is 61.3 Å². The first-order chi connectivity index (χ1) is 16.3. The first kappa shape index (κ1) is 25.8. The van der Waals surface area contributed by atoms with Crippen molar-refractivity contribution in [2.24, 2.45) is 5.92 Å². The average Bonchev–Trinajstić information content (AvgIpc) is 3.35. The summed E-state index contributed by atoms with van der Waals surface area (Å²) in [5.41, 5.74) is 2.28. The molecule has 3 rings (SSSR count). The van der Waals surface area contributed by atoms with Crippen LogP contribution < -0.4 is 5.32 Å². The number of piperidine rings is 1. The quantitative estimate of drug-likeness (QED) is 0.436. The van der Waals surface area contributed by atoms with E-state index in [1.807, 2.05) is 12.1 Å². The third kappa shape index (κ3) is 7.90. The van der Waals surface area contributed by atoms with Gasteiger partial charge in [-0.2, -0.15) is 0 Å².